The Labute approximate surface area is 152 Å². The Balaban J connectivity index is 0.00000264. The van der Waals surface area contributed by atoms with Gasteiger partial charge in [0.05, 0.1) is 32.1 Å². The van der Waals surface area contributed by atoms with Crippen molar-refractivity contribution in [3.63, 3.8) is 0 Å². The maximum absolute atomic E-state index is 5.95. The van der Waals surface area contributed by atoms with E-state index in [2.05, 4.69) is 20.5 Å². The third-order valence-electron chi connectivity index (χ3n) is 3.36. The fourth-order valence-corrected chi connectivity index (χ4v) is 2.06. The average molecular weight is 431 g/mol. The van der Waals surface area contributed by atoms with Crippen LogP contribution >= 0.6 is 24.0 Å². The second kappa shape index (κ2) is 8.61. The molecule has 4 N–H and O–H groups in total. The van der Waals surface area contributed by atoms with Crippen molar-refractivity contribution in [1.29, 1.82) is 0 Å². The molecule has 0 saturated heterocycles. The van der Waals surface area contributed by atoms with Gasteiger partial charge < -0.3 is 20.5 Å². The first-order chi connectivity index (χ1) is 10.5. The van der Waals surface area contributed by atoms with Gasteiger partial charge in [0, 0.05) is 17.3 Å². The molecule has 0 bridgehead atoms. The second-order valence-corrected chi connectivity index (χ2v) is 4.81. The van der Waals surface area contributed by atoms with Gasteiger partial charge in [-0.25, -0.2) is 4.99 Å². The summed E-state index contributed by atoms with van der Waals surface area (Å²) < 4.78 is 10.5. The average Bonchev–Trinajstić information content (AvgIpc) is 2.83. The maximum Gasteiger partial charge on any atom is 0.193 e. The van der Waals surface area contributed by atoms with E-state index in [4.69, 9.17) is 15.2 Å². The molecule has 0 aliphatic rings. The second-order valence-electron chi connectivity index (χ2n) is 4.81. The van der Waals surface area contributed by atoms with Crippen LogP contribution < -0.4 is 20.5 Å². The summed E-state index contributed by atoms with van der Waals surface area (Å²) in [5.74, 6) is 1.67. The van der Waals surface area contributed by atoms with Crippen molar-refractivity contribution in [1.82, 2.24) is 10.2 Å². The number of halogens is 1. The van der Waals surface area contributed by atoms with Crippen LogP contribution in [0.4, 0.5) is 5.69 Å². The largest absolute Gasteiger partial charge is 0.497 e. The van der Waals surface area contributed by atoms with Gasteiger partial charge in [0.25, 0.3) is 0 Å². The summed E-state index contributed by atoms with van der Waals surface area (Å²) in [6.45, 7) is 4.35. The van der Waals surface area contributed by atoms with Crippen LogP contribution in [0.5, 0.6) is 11.5 Å². The molecule has 8 heteroatoms. The summed E-state index contributed by atoms with van der Waals surface area (Å²) in [4.78, 5) is 4.34. The van der Waals surface area contributed by atoms with Gasteiger partial charge in [-0.1, -0.05) is 0 Å². The number of H-pyrrole nitrogens is 1. The molecule has 2 aromatic rings. The number of aliphatic imine (C=N–C) groups is 1. The normalized spacial score (nSPS) is 10.9. The van der Waals surface area contributed by atoms with E-state index in [0.29, 0.717) is 29.7 Å². The minimum atomic E-state index is 0. The Morgan fingerprint density at radius 2 is 2.04 bits per heavy atom. The summed E-state index contributed by atoms with van der Waals surface area (Å²) in [6, 6.07) is 5.42. The third-order valence-corrected chi connectivity index (χ3v) is 3.36. The van der Waals surface area contributed by atoms with Crippen molar-refractivity contribution in [2.45, 2.75) is 20.4 Å². The minimum Gasteiger partial charge on any atom is -0.497 e. The van der Waals surface area contributed by atoms with Crippen LogP contribution in [0.3, 0.4) is 0 Å². The van der Waals surface area contributed by atoms with Crippen LogP contribution in [0.1, 0.15) is 17.0 Å². The fraction of sp³-hybridized carbons (Fsp3) is 0.333. The lowest BCUT2D eigenvalue weighted by Crippen LogP contribution is -2.23. The first-order valence-electron chi connectivity index (χ1n) is 6.84. The zero-order valence-corrected chi connectivity index (χ0v) is 16.0. The minimum absolute atomic E-state index is 0. The van der Waals surface area contributed by atoms with Crippen molar-refractivity contribution in [3.8, 4) is 11.5 Å². The summed E-state index contributed by atoms with van der Waals surface area (Å²) in [6.07, 6.45) is 0. The highest BCUT2D eigenvalue weighted by Gasteiger charge is 2.08. The predicted octanol–water partition coefficient (Wildman–Crippen LogP) is 2.59. The molecule has 0 spiro atoms. The number of guanidine groups is 1. The quantitative estimate of drug-likeness (QED) is 0.384. The molecule has 1 heterocycles. The summed E-state index contributed by atoms with van der Waals surface area (Å²) in [7, 11) is 3.20. The number of nitrogens with one attached hydrogen (secondary N) is 2. The number of benzene rings is 1. The molecule has 0 fully saturated rings. The molecule has 0 atom stereocenters. The first-order valence-corrected chi connectivity index (χ1v) is 6.84. The SMILES string of the molecule is COc1ccc(OC)c(NC(N)=NCc2c(C)n[nH]c2C)c1.I. The monoisotopic (exact) mass is 431 g/mol. The standard InChI is InChI=1S/C15H21N5O2.HI/c1-9-12(10(2)20-19-9)8-17-15(16)18-13-7-11(21-3)5-6-14(13)22-4;/h5-7H,8H2,1-4H3,(H,19,20)(H3,16,17,18);1H. The molecule has 0 aliphatic heterocycles. The van der Waals surface area contributed by atoms with Crippen molar-refractivity contribution in [2.24, 2.45) is 10.7 Å². The first kappa shape index (κ1) is 19.1. The lowest BCUT2D eigenvalue weighted by Gasteiger charge is -2.12. The van der Waals surface area contributed by atoms with Gasteiger partial charge in [0.15, 0.2) is 5.96 Å². The van der Waals surface area contributed by atoms with Gasteiger partial charge in [-0.05, 0) is 26.0 Å². The van der Waals surface area contributed by atoms with E-state index in [1.807, 2.05) is 19.9 Å². The van der Waals surface area contributed by atoms with E-state index in [-0.39, 0.29) is 24.0 Å². The molecule has 2 rings (SSSR count). The Morgan fingerprint density at radius 1 is 1.30 bits per heavy atom. The highest BCUT2D eigenvalue weighted by molar-refractivity contribution is 14.0. The number of aromatic amines is 1. The van der Waals surface area contributed by atoms with Crippen LogP contribution in [0.2, 0.25) is 0 Å². The van der Waals surface area contributed by atoms with Gasteiger partial charge in [0.2, 0.25) is 0 Å². The summed E-state index contributed by atoms with van der Waals surface area (Å²) >= 11 is 0. The molecule has 0 unspecified atom stereocenters. The van der Waals surface area contributed by atoms with E-state index in [1.54, 1.807) is 26.4 Å². The summed E-state index contributed by atoms with van der Waals surface area (Å²) in [5, 5.41) is 10.1. The maximum atomic E-state index is 5.95. The number of anilines is 1. The van der Waals surface area contributed by atoms with Crippen molar-refractivity contribution in [2.75, 3.05) is 19.5 Å². The third kappa shape index (κ3) is 4.75. The predicted molar refractivity (Wildman–Crippen MR) is 102 cm³/mol. The molecule has 0 aliphatic carbocycles. The summed E-state index contributed by atoms with van der Waals surface area (Å²) in [5.41, 5.74) is 9.61. The molecular weight excluding hydrogens is 409 g/mol. The number of methoxy groups -OCH3 is 2. The number of nitrogens with two attached hydrogens (primary N) is 1. The number of hydrogen-bond donors (Lipinski definition) is 3. The number of nitrogens with zero attached hydrogens (tertiary/aromatic N) is 2. The van der Waals surface area contributed by atoms with Crippen LogP contribution in [0.25, 0.3) is 0 Å². The number of aromatic nitrogens is 2. The molecule has 0 saturated carbocycles. The highest BCUT2D eigenvalue weighted by atomic mass is 127. The van der Waals surface area contributed by atoms with E-state index in [0.717, 1.165) is 17.0 Å². The number of ether oxygens (including phenoxy) is 2. The van der Waals surface area contributed by atoms with Crippen LogP contribution in [-0.2, 0) is 6.54 Å². The van der Waals surface area contributed by atoms with Crippen LogP contribution in [0, 0.1) is 13.8 Å². The van der Waals surface area contributed by atoms with Crippen molar-refractivity contribution < 1.29 is 9.47 Å². The van der Waals surface area contributed by atoms with Crippen LogP contribution in [0.15, 0.2) is 23.2 Å². The van der Waals surface area contributed by atoms with Gasteiger partial charge in [0.1, 0.15) is 11.5 Å². The lowest BCUT2D eigenvalue weighted by atomic mass is 10.2. The highest BCUT2D eigenvalue weighted by Crippen LogP contribution is 2.28. The van der Waals surface area contributed by atoms with E-state index < -0.39 is 0 Å². The Bertz CT molecular complexity index is 665. The van der Waals surface area contributed by atoms with E-state index >= 15 is 0 Å². The Morgan fingerprint density at radius 3 is 2.61 bits per heavy atom. The topological polar surface area (TPSA) is 97.6 Å². The molecule has 0 radical (unpaired) electrons. The Kier molecular flexibility index (Phi) is 7.14. The molecule has 1 aromatic carbocycles. The van der Waals surface area contributed by atoms with Gasteiger partial charge in [-0.3, -0.25) is 5.10 Å². The number of rotatable bonds is 5. The number of aryl methyl sites for hydroxylation is 2. The Hall–Kier alpha value is -1.97. The van der Waals surface area contributed by atoms with Crippen molar-refractivity contribution >= 4 is 35.6 Å². The zero-order valence-electron chi connectivity index (χ0n) is 13.6. The molecule has 7 nitrogen and oxygen atoms in total. The molecule has 0 amide bonds. The zero-order chi connectivity index (χ0) is 16.1. The van der Waals surface area contributed by atoms with Crippen LogP contribution in [-0.4, -0.2) is 30.4 Å². The molecular formula is C15H22IN5O2. The number of hydrogen-bond acceptors (Lipinski definition) is 4. The van der Waals surface area contributed by atoms with Gasteiger partial charge in [-0.2, -0.15) is 5.10 Å². The molecule has 23 heavy (non-hydrogen) atoms. The molecule has 1 aromatic heterocycles. The fourth-order valence-electron chi connectivity index (χ4n) is 2.06. The van der Waals surface area contributed by atoms with E-state index in [1.165, 1.54) is 0 Å². The van der Waals surface area contributed by atoms with Crippen molar-refractivity contribution in [3.05, 3.63) is 35.2 Å². The lowest BCUT2D eigenvalue weighted by molar-refractivity contribution is 0.405. The smallest absolute Gasteiger partial charge is 0.193 e. The van der Waals surface area contributed by atoms with E-state index in [9.17, 15) is 0 Å². The van der Waals surface area contributed by atoms with Gasteiger partial charge >= 0.3 is 0 Å². The molecule has 126 valence electrons. The van der Waals surface area contributed by atoms with Gasteiger partial charge in [-0.15, -0.1) is 24.0 Å².